The van der Waals surface area contributed by atoms with E-state index in [9.17, 15) is 4.79 Å². The summed E-state index contributed by atoms with van der Waals surface area (Å²) in [6.45, 7) is 4.47. The van der Waals surface area contributed by atoms with Gasteiger partial charge in [-0.1, -0.05) is 24.0 Å². The number of H-pyrrole nitrogens is 1. The summed E-state index contributed by atoms with van der Waals surface area (Å²) < 4.78 is 22.4. The van der Waals surface area contributed by atoms with Crippen molar-refractivity contribution in [1.82, 2.24) is 15.5 Å². The zero-order valence-corrected chi connectivity index (χ0v) is 19.7. The van der Waals surface area contributed by atoms with E-state index < -0.39 is 0 Å². The van der Waals surface area contributed by atoms with Gasteiger partial charge in [-0.15, -0.1) is 0 Å². The number of carbonyl (C=O) groups is 1. The summed E-state index contributed by atoms with van der Waals surface area (Å²) in [6, 6.07) is 12.9. The zero-order valence-electron chi connectivity index (χ0n) is 19.7. The Morgan fingerprint density at radius 1 is 1.15 bits per heavy atom. The van der Waals surface area contributed by atoms with Crippen molar-refractivity contribution < 1.29 is 23.7 Å². The first-order valence-electron chi connectivity index (χ1n) is 10.9. The number of hydrogen-bond donors (Lipinski definition) is 2. The molecular weight excluding hydrogens is 434 g/mol. The van der Waals surface area contributed by atoms with Crippen molar-refractivity contribution >= 4 is 5.91 Å². The van der Waals surface area contributed by atoms with Crippen molar-refractivity contribution in [2.24, 2.45) is 0 Å². The van der Waals surface area contributed by atoms with Crippen molar-refractivity contribution in [1.29, 1.82) is 0 Å². The van der Waals surface area contributed by atoms with Gasteiger partial charge in [0, 0.05) is 17.5 Å². The predicted molar refractivity (Wildman–Crippen MR) is 128 cm³/mol. The molecule has 2 aromatic carbocycles. The lowest BCUT2D eigenvalue weighted by molar-refractivity contribution is 0.0953. The van der Waals surface area contributed by atoms with Gasteiger partial charge in [-0.05, 0) is 44.2 Å². The van der Waals surface area contributed by atoms with Gasteiger partial charge < -0.3 is 24.3 Å². The number of aromatic amines is 1. The number of aromatic nitrogens is 2. The second kappa shape index (κ2) is 9.79. The molecule has 1 aromatic heterocycles. The number of rotatable bonds is 7. The van der Waals surface area contributed by atoms with Crippen LogP contribution in [0, 0.1) is 11.8 Å². The number of carbonyl (C=O) groups excluding carboxylic acids is 1. The van der Waals surface area contributed by atoms with Crippen LogP contribution in [0.25, 0.3) is 11.3 Å². The van der Waals surface area contributed by atoms with E-state index in [0.29, 0.717) is 34.2 Å². The number of fused-ring (bicyclic) bond motifs is 1. The lowest BCUT2D eigenvalue weighted by atomic mass is 10.0. The topological polar surface area (TPSA) is 94.7 Å². The Bertz CT molecular complexity index is 1250. The molecule has 0 aliphatic carbocycles. The highest BCUT2D eigenvalue weighted by molar-refractivity contribution is 5.93. The van der Waals surface area contributed by atoms with Gasteiger partial charge in [-0.25, -0.2) is 0 Å². The van der Waals surface area contributed by atoms with E-state index in [0.717, 1.165) is 17.7 Å². The third kappa shape index (κ3) is 5.09. The molecule has 0 fully saturated rings. The molecule has 0 spiro atoms. The number of nitrogens with one attached hydrogen (secondary N) is 2. The Morgan fingerprint density at radius 2 is 2.00 bits per heavy atom. The number of nitrogens with zero attached hydrogens (tertiary/aromatic N) is 1. The molecule has 4 rings (SSSR count). The third-order valence-corrected chi connectivity index (χ3v) is 5.32. The highest BCUT2D eigenvalue weighted by Gasteiger charge is 2.32. The van der Waals surface area contributed by atoms with Crippen LogP contribution < -0.4 is 24.3 Å². The maximum absolute atomic E-state index is 12.5. The minimum absolute atomic E-state index is 0.176. The van der Waals surface area contributed by atoms with E-state index in [4.69, 9.17) is 18.9 Å². The Hall–Kier alpha value is -4.12. The molecule has 0 unspecified atom stereocenters. The number of ether oxygens (including phenoxy) is 4. The maximum atomic E-state index is 12.5. The Balaban J connectivity index is 1.31. The van der Waals surface area contributed by atoms with Crippen LogP contribution in [0.2, 0.25) is 0 Å². The van der Waals surface area contributed by atoms with Crippen LogP contribution in [0.15, 0.2) is 42.5 Å². The van der Waals surface area contributed by atoms with Gasteiger partial charge in [-0.2, -0.15) is 5.10 Å². The molecule has 0 saturated heterocycles. The van der Waals surface area contributed by atoms with Crippen molar-refractivity contribution in [2.45, 2.75) is 25.9 Å². The average molecular weight is 462 g/mol. The molecule has 8 heteroatoms. The van der Waals surface area contributed by atoms with E-state index in [1.54, 1.807) is 38.5 Å². The summed E-state index contributed by atoms with van der Waals surface area (Å²) >= 11 is 0. The first-order valence-corrected chi connectivity index (χ1v) is 10.9. The number of para-hydroxylation sites is 1. The summed E-state index contributed by atoms with van der Waals surface area (Å²) in [5.74, 6) is 8.25. The second-order valence-electron chi connectivity index (χ2n) is 8.34. The molecule has 8 nitrogen and oxygen atoms in total. The van der Waals surface area contributed by atoms with Crippen molar-refractivity contribution in [3.63, 3.8) is 0 Å². The summed E-state index contributed by atoms with van der Waals surface area (Å²) in [7, 11) is 3.16. The predicted octanol–water partition coefficient (Wildman–Crippen LogP) is 3.62. The van der Waals surface area contributed by atoms with E-state index in [-0.39, 0.29) is 24.7 Å². The summed E-state index contributed by atoms with van der Waals surface area (Å²) in [4.78, 5) is 12.5. The van der Waals surface area contributed by atoms with Crippen LogP contribution in [0.3, 0.4) is 0 Å². The number of benzene rings is 2. The molecule has 1 aliphatic heterocycles. The lowest BCUT2D eigenvalue weighted by Crippen LogP contribution is -2.24. The molecule has 34 heavy (non-hydrogen) atoms. The molecule has 2 heterocycles. The quantitative estimate of drug-likeness (QED) is 0.522. The summed E-state index contributed by atoms with van der Waals surface area (Å²) in [5, 5.41) is 9.73. The Morgan fingerprint density at radius 3 is 2.79 bits per heavy atom. The average Bonchev–Trinajstić information content (AvgIpc) is 3.44. The van der Waals surface area contributed by atoms with Gasteiger partial charge >= 0.3 is 0 Å². The first kappa shape index (κ1) is 23.1. The maximum Gasteiger partial charge on any atom is 0.270 e. The number of hydrogen-bond acceptors (Lipinski definition) is 6. The van der Waals surface area contributed by atoms with Crippen LogP contribution >= 0.6 is 0 Å². The first-order chi connectivity index (χ1) is 16.4. The fourth-order valence-corrected chi connectivity index (χ4v) is 3.74. The second-order valence-corrected chi connectivity index (χ2v) is 8.34. The van der Waals surface area contributed by atoms with Crippen LogP contribution in [-0.4, -0.2) is 49.1 Å². The summed E-state index contributed by atoms with van der Waals surface area (Å²) in [5.41, 5.74) is 2.50. The highest BCUT2D eigenvalue weighted by atomic mass is 16.5. The molecule has 1 amide bonds. The molecule has 0 saturated carbocycles. The van der Waals surface area contributed by atoms with E-state index in [2.05, 4.69) is 41.2 Å². The molecule has 2 N–H and O–H groups in total. The number of amides is 1. The van der Waals surface area contributed by atoms with Crippen LogP contribution in [0.4, 0.5) is 0 Å². The monoisotopic (exact) mass is 461 g/mol. The number of methoxy groups -OCH3 is 2. The van der Waals surface area contributed by atoms with Gasteiger partial charge in [0.2, 0.25) is 0 Å². The normalized spacial score (nSPS) is 13.2. The van der Waals surface area contributed by atoms with Gasteiger partial charge in [0.15, 0.2) is 11.5 Å². The minimum atomic E-state index is -0.313. The molecule has 0 radical (unpaired) electrons. The smallest absolute Gasteiger partial charge is 0.270 e. The van der Waals surface area contributed by atoms with Gasteiger partial charge in [0.05, 0.1) is 26.5 Å². The lowest BCUT2D eigenvalue weighted by Gasteiger charge is -2.17. The fourth-order valence-electron chi connectivity index (χ4n) is 3.74. The van der Waals surface area contributed by atoms with Crippen molar-refractivity contribution in [3.8, 4) is 46.1 Å². The molecule has 176 valence electrons. The van der Waals surface area contributed by atoms with E-state index >= 15 is 0 Å². The van der Waals surface area contributed by atoms with E-state index in [1.807, 2.05) is 18.2 Å². The molecule has 1 aliphatic rings. The van der Waals surface area contributed by atoms with Gasteiger partial charge in [-0.3, -0.25) is 9.89 Å². The molecular formula is C26H27N3O5. The third-order valence-electron chi connectivity index (χ3n) is 5.32. The molecule has 0 bridgehead atoms. The SMILES string of the molecule is COc1ccc(OC)c(-c2cc(C(=O)NCC#CCOc3cccc4c3OC(C)(C)C4)[nH]n2)c1. The van der Waals surface area contributed by atoms with Gasteiger partial charge in [0.25, 0.3) is 5.91 Å². The fraction of sp³-hybridized carbons (Fsp3) is 0.308. The van der Waals surface area contributed by atoms with Crippen LogP contribution in [0.1, 0.15) is 29.9 Å². The van der Waals surface area contributed by atoms with Gasteiger partial charge in [0.1, 0.15) is 29.4 Å². The van der Waals surface area contributed by atoms with Crippen molar-refractivity contribution in [3.05, 3.63) is 53.7 Å². The minimum Gasteiger partial charge on any atom is -0.497 e. The van der Waals surface area contributed by atoms with Crippen molar-refractivity contribution in [2.75, 3.05) is 27.4 Å². The highest BCUT2D eigenvalue weighted by Crippen LogP contribution is 2.41. The van der Waals surface area contributed by atoms with Crippen LogP contribution in [0.5, 0.6) is 23.0 Å². The molecule has 0 atom stereocenters. The summed E-state index contributed by atoms with van der Waals surface area (Å²) in [6.07, 6.45) is 0.844. The Kier molecular flexibility index (Phi) is 6.64. The largest absolute Gasteiger partial charge is 0.497 e. The molecule has 3 aromatic rings. The van der Waals surface area contributed by atoms with E-state index in [1.165, 1.54) is 0 Å². The standard InChI is InChI=1S/C26H27N3O5/c1-26(2)16-17-8-7-9-23(24(17)34-26)33-13-6-5-12-27-25(30)21-15-20(28-29-21)19-14-18(31-3)10-11-22(19)32-4/h7-11,14-15H,12-13,16H2,1-4H3,(H,27,30)(H,28,29). The Labute approximate surface area is 198 Å². The van der Waals surface area contributed by atoms with Crippen LogP contribution in [-0.2, 0) is 6.42 Å². The zero-order chi connectivity index (χ0) is 24.1.